The third-order valence-electron chi connectivity index (χ3n) is 2.71. The molecular weight excluding hydrogens is 502 g/mol. The van der Waals surface area contributed by atoms with Gasteiger partial charge >= 0.3 is 0 Å². The van der Waals surface area contributed by atoms with E-state index in [0.717, 1.165) is 18.6 Å². The van der Waals surface area contributed by atoms with E-state index in [1.165, 1.54) is 0 Å². The molecule has 0 saturated heterocycles. The largest absolute Gasteiger partial charge is 0.486 e. The van der Waals surface area contributed by atoms with Crippen molar-refractivity contribution < 1.29 is 23.7 Å². The molecule has 0 amide bonds. The van der Waals surface area contributed by atoms with Crippen LogP contribution < -0.4 is 9.47 Å². The Hall–Kier alpha value is 0.160. The number of hydrogen-bond acceptors (Lipinski definition) is 5. The Morgan fingerprint density at radius 2 is 0.905 bits per heavy atom. The summed E-state index contributed by atoms with van der Waals surface area (Å²) >= 11 is 4.50. The van der Waals surface area contributed by atoms with Crippen LogP contribution in [0, 0.1) is 7.14 Å². The lowest BCUT2D eigenvalue weighted by molar-refractivity contribution is 0.00705. The predicted molar refractivity (Wildman–Crippen MR) is 95.3 cm³/mol. The third-order valence-corrected chi connectivity index (χ3v) is 4.41. The van der Waals surface area contributed by atoms with Gasteiger partial charge in [-0.15, -0.1) is 0 Å². The summed E-state index contributed by atoms with van der Waals surface area (Å²) in [7, 11) is 0. The summed E-state index contributed by atoms with van der Waals surface area (Å²) in [5.74, 6) is 1.55. The molecule has 1 heterocycles. The van der Waals surface area contributed by atoms with Crippen molar-refractivity contribution >= 4 is 45.2 Å². The monoisotopic (exact) mass is 520 g/mol. The van der Waals surface area contributed by atoms with E-state index in [0.29, 0.717) is 52.9 Å². The average Bonchev–Trinajstić information content (AvgIpc) is 2.49. The topological polar surface area (TPSA) is 46.2 Å². The number of hydrogen-bond donors (Lipinski definition) is 0. The van der Waals surface area contributed by atoms with Crippen molar-refractivity contribution in [2.75, 3.05) is 52.9 Å². The molecule has 7 heteroatoms. The SMILES string of the molecule is Ic1ccc(I)c2c1OCCOCCOCCOCCO2. The van der Waals surface area contributed by atoms with E-state index in [2.05, 4.69) is 45.2 Å². The molecule has 118 valence electrons. The smallest absolute Gasteiger partial charge is 0.175 e. The van der Waals surface area contributed by atoms with Gasteiger partial charge in [0.15, 0.2) is 11.5 Å². The van der Waals surface area contributed by atoms with Crippen LogP contribution >= 0.6 is 45.2 Å². The Morgan fingerprint density at radius 1 is 0.571 bits per heavy atom. The van der Waals surface area contributed by atoms with Gasteiger partial charge in [-0.05, 0) is 57.3 Å². The van der Waals surface area contributed by atoms with E-state index in [1.807, 2.05) is 12.1 Å². The Morgan fingerprint density at radius 3 is 1.29 bits per heavy atom. The molecule has 0 bridgehead atoms. The average molecular weight is 520 g/mol. The lowest BCUT2D eigenvalue weighted by atomic mass is 10.3. The number of halogens is 2. The third kappa shape index (κ3) is 6.05. The maximum atomic E-state index is 5.83. The zero-order valence-electron chi connectivity index (χ0n) is 11.6. The summed E-state index contributed by atoms with van der Waals surface area (Å²) in [6, 6.07) is 4.04. The first-order valence-electron chi connectivity index (χ1n) is 6.76. The summed E-state index contributed by atoms with van der Waals surface area (Å²) in [5, 5.41) is 0. The minimum Gasteiger partial charge on any atom is -0.486 e. The molecule has 1 aliphatic heterocycles. The second kappa shape index (κ2) is 10.0. The van der Waals surface area contributed by atoms with Crippen LogP contribution in [-0.2, 0) is 14.2 Å². The molecule has 5 nitrogen and oxygen atoms in total. The molecular formula is C14H18I2O5. The van der Waals surface area contributed by atoms with Crippen molar-refractivity contribution in [3.05, 3.63) is 19.3 Å². The molecule has 0 atom stereocenters. The normalized spacial score (nSPS) is 18.6. The highest BCUT2D eigenvalue weighted by molar-refractivity contribution is 14.1. The summed E-state index contributed by atoms with van der Waals surface area (Å²) in [6.45, 7) is 4.32. The lowest BCUT2D eigenvalue weighted by Crippen LogP contribution is -2.13. The van der Waals surface area contributed by atoms with Crippen LogP contribution in [-0.4, -0.2) is 52.9 Å². The van der Waals surface area contributed by atoms with E-state index in [1.54, 1.807) is 0 Å². The first-order valence-corrected chi connectivity index (χ1v) is 8.91. The summed E-state index contributed by atoms with van der Waals surface area (Å²) < 4.78 is 30.0. The Labute approximate surface area is 151 Å². The second-order valence-corrected chi connectivity index (χ2v) is 6.55. The molecule has 1 aromatic carbocycles. The van der Waals surface area contributed by atoms with E-state index in [9.17, 15) is 0 Å². The predicted octanol–water partition coefficient (Wildman–Crippen LogP) is 2.72. The minimum atomic E-state index is 0.489. The molecule has 0 aromatic heterocycles. The summed E-state index contributed by atoms with van der Waals surface area (Å²) in [6.07, 6.45) is 0. The standard InChI is InChI=1S/C14H18I2O5/c15-11-1-2-12(16)14-13(11)20-9-7-18-5-3-17-4-6-19-8-10-21-14/h1-2H,3-10H2. The van der Waals surface area contributed by atoms with Gasteiger partial charge in [0.25, 0.3) is 0 Å². The van der Waals surface area contributed by atoms with Crippen molar-refractivity contribution in [1.29, 1.82) is 0 Å². The van der Waals surface area contributed by atoms with E-state index >= 15 is 0 Å². The summed E-state index contributed by atoms with van der Waals surface area (Å²) in [4.78, 5) is 0. The minimum absolute atomic E-state index is 0.489. The van der Waals surface area contributed by atoms with Crippen LogP contribution in [0.4, 0.5) is 0 Å². The van der Waals surface area contributed by atoms with Crippen molar-refractivity contribution in [2.24, 2.45) is 0 Å². The Kier molecular flexibility index (Phi) is 8.37. The van der Waals surface area contributed by atoms with Crippen LogP contribution in [0.1, 0.15) is 0 Å². The molecule has 1 aliphatic rings. The molecule has 0 spiro atoms. The van der Waals surface area contributed by atoms with Gasteiger partial charge in [0, 0.05) is 0 Å². The fourth-order valence-electron chi connectivity index (χ4n) is 1.73. The van der Waals surface area contributed by atoms with Gasteiger partial charge < -0.3 is 23.7 Å². The van der Waals surface area contributed by atoms with Crippen molar-refractivity contribution in [3.63, 3.8) is 0 Å². The highest BCUT2D eigenvalue weighted by atomic mass is 127. The van der Waals surface area contributed by atoms with Crippen LogP contribution in [0.15, 0.2) is 12.1 Å². The van der Waals surface area contributed by atoms with Gasteiger partial charge in [-0.1, -0.05) is 0 Å². The van der Waals surface area contributed by atoms with Crippen LogP contribution in [0.25, 0.3) is 0 Å². The molecule has 0 saturated carbocycles. The highest BCUT2D eigenvalue weighted by Crippen LogP contribution is 2.36. The van der Waals surface area contributed by atoms with Gasteiger partial charge in [-0.25, -0.2) is 0 Å². The fraction of sp³-hybridized carbons (Fsp3) is 0.571. The number of fused-ring (bicyclic) bond motifs is 1. The molecule has 0 aliphatic carbocycles. The highest BCUT2D eigenvalue weighted by Gasteiger charge is 2.14. The van der Waals surface area contributed by atoms with Crippen molar-refractivity contribution in [3.8, 4) is 11.5 Å². The maximum absolute atomic E-state index is 5.83. The van der Waals surface area contributed by atoms with Gasteiger partial charge in [0.1, 0.15) is 13.2 Å². The van der Waals surface area contributed by atoms with Crippen LogP contribution in [0.5, 0.6) is 11.5 Å². The Bertz CT molecular complexity index is 403. The van der Waals surface area contributed by atoms with Crippen LogP contribution in [0.3, 0.4) is 0 Å². The van der Waals surface area contributed by atoms with Gasteiger partial charge in [0.05, 0.1) is 46.8 Å². The number of benzene rings is 1. The van der Waals surface area contributed by atoms with Gasteiger partial charge in [-0.2, -0.15) is 0 Å². The van der Waals surface area contributed by atoms with E-state index < -0.39 is 0 Å². The lowest BCUT2D eigenvalue weighted by Gasteiger charge is -2.15. The first kappa shape index (κ1) is 17.5. The molecule has 0 N–H and O–H groups in total. The zero-order valence-corrected chi connectivity index (χ0v) is 15.9. The molecule has 0 radical (unpaired) electrons. The van der Waals surface area contributed by atoms with Crippen LogP contribution in [0.2, 0.25) is 0 Å². The molecule has 21 heavy (non-hydrogen) atoms. The fourth-order valence-corrected chi connectivity index (χ4v) is 2.89. The molecule has 0 unspecified atom stereocenters. The zero-order chi connectivity index (χ0) is 14.9. The van der Waals surface area contributed by atoms with E-state index in [-0.39, 0.29) is 0 Å². The quantitative estimate of drug-likeness (QED) is 0.493. The van der Waals surface area contributed by atoms with E-state index in [4.69, 9.17) is 23.7 Å². The molecule has 2 rings (SSSR count). The summed E-state index contributed by atoms with van der Waals surface area (Å²) in [5.41, 5.74) is 0. The second-order valence-electron chi connectivity index (χ2n) is 4.22. The number of rotatable bonds is 0. The van der Waals surface area contributed by atoms with Gasteiger partial charge in [-0.3, -0.25) is 0 Å². The van der Waals surface area contributed by atoms with Crippen molar-refractivity contribution in [2.45, 2.75) is 0 Å². The van der Waals surface area contributed by atoms with Crippen molar-refractivity contribution in [1.82, 2.24) is 0 Å². The number of ether oxygens (including phenoxy) is 5. The molecule has 1 aromatic rings. The Balaban J connectivity index is 2.04. The van der Waals surface area contributed by atoms with Gasteiger partial charge in [0.2, 0.25) is 0 Å². The maximum Gasteiger partial charge on any atom is 0.175 e. The molecule has 0 fully saturated rings. The first-order chi connectivity index (χ1) is 10.3.